The molecule has 0 radical (unpaired) electrons. The zero-order valence-corrected chi connectivity index (χ0v) is 18.9. The molecule has 1 aliphatic rings. The van der Waals surface area contributed by atoms with Gasteiger partial charge in [0.2, 0.25) is 5.82 Å². The van der Waals surface area contributed by atoms with Crippen LogP contribution in [0.15, 0.2) is 30.5 Å². The predicted molar refractivity (Wildman–Crippen MR) is 115 cm³/mol. The minimum Gasteiger partial charge on any atom is -0.618 e. The Morgan fingerprint density at radius 3 is 2.49 bits per heavy atom. The number of alkyl halides is 2. The molecule has 3 atom stereocenters. The molecular formula is C23H25F4N3O5. The van der Waals surface area contributed by atoms with Crippen LogP contribution in [0.2, 0.25) is 0 Å². The lowest BCUT2D eigenvalue weighted by Gasteiger charge is -2.42. The van der Waals surface area contributed by atoms with Crippen molar-refractivity contribution in [2.75, 3.05) is 5.32 Å². The normalized spacial score (nSPS) is 20.0. The number of rotatable bonds is 9. The quantitative estimate of drug-likeness (QED) is 0.278. The number of carbonyl (C=O) groups is 2. The van der Waals surface area contributed by atoms with Gasteiger partial charge in [-0.3, -0.25) is 9.59 Å². The summed E-state index contributed by atoms with van der Waals surface area (Å²) in [5.74, 6) is -7.69. The molecule has 0 bridgehead atoms. The van der Waals surface area contributed by atoms with E-state index in [9.17, 15) is 37.5 Å². The minimum absolute atomic E-state index is 0.0254. The van der Waals surface area contributed by atoms with Gasteiger partial charge in [0, 0.05) is 23.6 Å². The Balaban J connectivity index is 1.99. The van der Waals surface area contributed by atoms with Crippen molar-refractivity contribution in [2.45, 2.75) is 45.3 Å². The van der Waals surface area contributed by atoms with Gasteiger partial charge in [-0.15, -0.1) is 0 Å². The fourth-order valence-electron chi connectivity index (χ4n) is 4.57. The van der Waals surface area contributed by atoms with Crippen LogP contribution in [-0.4, -0.2) is 29.6 Å². The molecular weight excluding hydrogens is 474 g/mol. The molecule has 0 spiro atoms. The van der Waals surface area contributed by atoms with Crippen molar-refractivity contribution in [3.8, 4) is 5.75 Å². The second-order valence-electron chi connectivity index (χ2n) is 8.80. The summed E-state index contributed by atoms with van der Waals surface area (Å²) in [4.78, 5) is 24.4. The largest absolute Gasteiger partial charge is 0.618 e. The van der Waals surface area contributed by atoms with Crippen LogP contribution in [0.3, 0.4) is 0 Å². The number of carbonyl (C=O) groups excluding carboxylic acids is 2. The molecule has 1 aliphatic carbocycles. The number of primary amides is 1. The first-order valence-electron chi connectivity index (χ1n) is 10.8. The molecule has 4 N–H and O–H groups in total. The van der Waals surface area contributed by atoms with Gasteiger partial charge in [0.25, 0.3) is 11.6 Å². The summed E-state index contributed by atoms with van der Waals surface area (Å²) >= 11 is 0. The van der Waals surface area contributed by atoms with Gasteiger partial charge in [0.15, 0.2) is 17.8 Å². The number of amides is 2. The lowest BCUT2D eigenvalue weighted by Crippen LogP contribution is -2.41. The molecule has 0 unspecified atom stereocenters. The topological polar surface area (TPSA) is 129 Å². The van der Waals surface area contributed by atoms with Crippen molar-refractivity contribution in [3.05, 3.63) is 58.6 Å². The number of pyridine rings is 1. The third kappa shape index (κ3) is 5.64. The Morgan fingerprint density at radius 2 is 1.91 bits per heavy atom. The highest BCUT2D eigenvalue weighted by atomic mass is 19.3. The number of anilines is 1. The minimum atomic E-state index is -3.48. The Hall–Kier alpha value is -3.41. The first-order chi connectivity index (χ1) is 16.4. The molecule has 2 aromatic rings. The van der Waals surface area contributed by atoms with Gasteiger partial charge in [-0.1, -0.05) is 19.9 Å². The van der Waals surface area contributed by atoms with Crippen LogP contribution in [0.1, 0.15) is 48.7 Å². The summed E-state index contributed by atoms with van der Waals surface area (Å²) in [5, 5.41) is 25.0. The van der Waals surface area contributed by atoms with Gasteiger partial charge in [-0.05, 0) is 36.7 Å². The first kappa shape index (κ1) is 26.2. The second-order valence-corrected chi connectivity index (χ2v) is 8.80. The number of aliphatic hydroxyl groups excluding tert-OH is 1. The third-order valence-electron chi connectivity index (χ3n) is 6.41. The van der Waals surface area contributed by atoms with E-state index in [1.807, 2.05) is 6.92 Å². The van der Waals surface area contributed by atoms with Gasteiger partial charge in [-0.25, -0.2) is 4.39 Å². The number of hydrogen-bond acceptors (Lipinski definition) is 5. The molecule has 0 aliphatic heterocycles. The molecule has 1 saturated carbocycles. The highest BCUT2D eigenvalue weighted by Gasteiger charge is 2.42. The average molecular weight is 499 g/mol. The lowest BCUT2D eigenvalue weighted by molar-refractivity contribution is -0.607. The van der Waals surface area contributed by atoms with E-state index in [2.05, 4.69) is 10.1 Å². The third-order valence-corrected chi connectivity index (χ3v) is 6.41. The molecule has 2 amide bonds. The maximum absolute atomic E-state index is 14.5. The smallest absolute Gasteiger partial charge is 0.387 e. The van der Waals surface area contributed by atoms with Crippen LogP contribution in [0, 0.1) is 34.6 Å². The number of hydrogen-bond donors (Lipinski definition) is 3. The molecule has 12 heteroatoms. The van der Waals surface area contributed by atoms with Crippen molar-refractivity contribution < 1.29 is 41.7 Å². The van der Waals surface area contributed by atoms with Crippen molar-refractivity contribution in [2.24, 2.45) is 23.5 Å². The van der Waals surface area contributed by atoms with Crippen LogP contribution in [0.25, 0.3) is 0 Å². The first-order valence-corrected chi connectivity index (χ1v) is 10.8. The summed E-state index contributed by atoms with van der Waals surface area (Å²) in [6, 6.07) is 3.86. The fourth-order valence-corrected chi connectivity index (χ4v) is 4.57. The number of nitrogens with one attached hydrogen (secondary N) is 1. The molecule has 1 aromatic heterocycles. The number of nitrogens with two attached hydrogens (primary N) is 1. The zero-order chi connectivity index (χ0) is 26.0. The van der Waals surface area contributed by atoms with E-state index in [1.165, 1.54) is 0 Å². The molecule has 3 rings (SSSR count). The summed E-state index contributed by atoms with van der Waals surface area (Å²) in [5.41, 5.74) is 4.31. The van der Waals surface area contributed by atoms with Gasteiger partial charge in [-0.2, -0.15) is 17.9 Å². The second kappa shape index (κ2) is 10.5. The van der Waals surface area contributed by atoms with Crippen molar-refractivity contribution in [3.63, 3.8) is 0 Å². The van der Waals surface area contributed by atoms with E-state index in [4.69, 9.17) is 5.73 Å². The number of aromatic nitrogens is 1. The van der Waals surface area contributed by atoms with Crippen molar-refractivity contribution >= 4 is 17.5 Å². The SMILES string of the molecule is C[C@@H]([C@H]1C[C@@H](C)C1)[C@H](c1ccc(F)c(F)c1OC(F)F)[C@@H](O)C(=O)Nc1cc[n+]([O-])c(C(N)=O)c1. The van der Waals surface area contributed by atoms with Crippen LogP contribution < -0.4 is 20.5 Å². The average Bonchev–Trinajstić information content (AvgIpc) is 2.76. The van der Waals surface area contributed by atoms with Gasteiger partial charge >= 0.3 is 12.5 Å². The predicted octanol–water partition coefficient (Wildman–Crippen LogP) is 3.06. The summed E-state index contributed by atoms with van der Waals surface area (Å²) < 4.78 is 58.8. The maximum Gasteiger partial charge on any atom is 0.387 e. The van der Waals surface area contributed by atoms with E-state index >= 15 is 0 Å². The van der Waals surface area contributed by atoms with Crippen molar-refractivity contribution in [1.82, 2.24) is 0 Å². The van der Waals surface area contributed by atoms with E-state index in [0.717, 1.165) is 37.2 Å². The Labute approximate surface area is 198 Å². The number of ether oxygens (including phenoxy) is 1. The van der Waals surface area contributed by atoms with Crippen LogP contribution in [0.4, 0.5) is 23.2 Å². The van der Waals surface area contributed by atoms with Gasteiger partial charge < -0.3 is 26.1 Å². The highest BCUT2D eigenvalue weighted by Crippen LogP contribution is 2.47. The van der Waals surface area contributed by atoms with Crippen LogP contribution >= 0.6 is 0 Å². The molecule has 190 valence electrons. The maximum atomic E-state index is 14.5. The Morgan fingerprint density at radius 1 is 1.26 bits per heavy atom. The number of aliphatic hydroxyl groups is 1. The standard InChI is InChI=1S/C23H25F4N3O5/c1-10-7-12(8-10)11(2)17(14-3-4-15(24)18(25)20(14)35-23(26)27)19(31)22(33)29-13-5-6-30(34)16(9-13)21(28)32/h3-6,9-12,17,19,23,31H,7-8H2,1-2H3,(H2,28,32)(H,29,33)/t10-,11-,12+,17+,19+/m0/s1. The number of nitrogens with zero attached hydrogens (tertiary/aromatic N) is 1. The highest BCUT2D eigenvalue weighted by molar-refractivity contribution is 5.96. The van der Waals surface area contributed by atoms with Crippen LogP contribution in [0.5, 0.6) is 5.75 Å². The molecule has 1 aromatic carbocycles. The summed E-state index contributed by atoms with van der Waals surface area (Å²) in [6.07, 6.45) is 0.458. The number of benzene rings is 1. The molecule has 8 nitrogen and oxygen atoms in total. The lowest BCUT2D eigenvalue weighted by atomic mass is 9.64. The Kier molecular flexibility index (Phi) is 7.83. The van der Waals surface area contributed by atoms with E-state index < -0.39 is 59.4 Å². The summed E-state index contributed by atoms with van der Waals surface area (Å²) in [7, 11) is 0. The zero-order valence-electron chi connectivity index (χ0n) is 18.9. The van der Waals surface area contributed by atoms with Gasteiger partial charge in [0.1, 0.15) is 6.10 Å². The monoisotopic (exact) mass is 499 g/mol. The molecule has 1 fully saturated rings. The molecule has 35 heavy (non-hydrogen) atoms. The molecule has 1 heterocycles. The van der Waals surface area contributed by atoms with Gasteiger partial charge in [0.05, 0.1) is 5.69 Å². The van der Waals surface area contributed by atoms with E-state index in [1.54, 1.807) is 6.92 Å². The fraction of sp³-hybridized carbons (Fsp3) is 0.435. The molecule has 0 saturated heterocycles. The van der Waals surface area contributed by atoms with E-state index in [-0.39, 0.29) is 21.9 Å². The van der Waals surface area contributed by atoms with Crippen LogP contribution in [-0.2, 0) is 4.79 Å². The number of halogens is 4. The van der Waals surface area contributed by atoms with E-state index in [0.29, 0.717) is 12.0 Å². The van der Waals surface area contributed by atoms with Crippen molar-refractivity contribution in [1.29, 1.82) is 0 Å². The Bertz CT molecular complexity index is 1110. The summed E-state index contributed by atoms with van der Waals surface area (Å²) in [6.45, 7) is 0.198.